The molecule has 0 aliphatic heterocycles. The molecule has 1 N–H and O–H groups in total. The fourth-order valence-corrected chi connectivity index (χ4v) is 3.58. The summed E-state index contributed by atoms with van der Waals surface area (Å²) >= 11 is 1.82. The van der Waals surface area contributed by atoms with Crippen molar-refractivity contribution >= 4 is 11.3 Å². The minimum atomic E-state index is 0.402. The monoisotopic (exact) mass is 266 g/mol. The van der Waals surface area contributed by atoms with E-state index in [9.17, 15) is 0 Å². The molecular formula is C15H26N2S. The summed E-state index contributed by atoms with van der Waals surface area (Å²) < 4.78 is 0. The van der Waals surface area contributed by atoms with Crippen LogP contribution in [-0.2, 0) is 6.42 Å². The second-order valence-electron chi connectivity index (χ2n) is 6.51. The summed E-state index contributed by atoms with van der Waals surface area (Å²) in [6, 6.07) is 0. The van der Waals surface area contributed by atoms with E-state index in [1.807, 2.05) is 11.3 Å². The molecule has 2 nitrogen and oxygen atoms in total. The van der Waals surface area contributed by atoms with Crippen molar-refractivity contribution in [3.05, 3.63) is 16.1 Å². The minimum Gasteiger partial charge on any atom is -0.316 e. The molecule has 0 saturated heterocycles. The molecule has 0 bridgehead atoms. The van der Waals surface area contributed by atoms with Gasteiger partial charge in [-0.3, -0.25) is 0 Å². The van der Waals surface area contributed by atoms with Gasteiger partial charge in [0.05, 0.1) is 5.01 Å². The van der Waals surface area contributed by atoms with Crippen LogP contribution in [0.3, 0.4) is 0 Å². The van der Waals surface area contributed by atoms with E-state index < -0.39 is 0 Å². The third-order valence-corrected chi connectivity index (χ3v) is 4.83. The fraction of sp³-hybridized carbons (Fsp3) is 0.800. The van der Waals surface area contributed by atoms with Gasteiger partial charge in [0.1, 0.15) is 0 Å². The number of hydrogen-bond donors (Lipinski definition) is 1. The van der Waals surface area contributed by atoms with Gasteiger partial charge < -0.3 is 5.32 Å². The van der Waals surface area contributed by atoms with Gasteiger partial charge in [-0.05, 0) is 43.6 Å². The Hall–Kier alpha value is -0.410. The largest absolute Gasteiger partial charge is 0.316 e. The number of rotatable bonds is 7. The smallest absolute Gasteiger partial charge is 0.0934 e. The van der Waals surface area contributed by atoms with E-state index in [1.165, 1.54) is 23.5 Å². The standard InChI is InChI=1S/C15H26N2S/c1-11(2)8-16-10-15(4,13-5-6-13)7-14-17-12(3)9-18-14/h9,11,13,16H,5-8,10H2,1-4H3. The predicted octanol–water partition coefficient (Wildman–Crippen LogP) is 3.66. The van der Waals surface area contributed by atoms with Gasteiger partial charge in [0.25, 0.3) is 0 Å². The Morgan fingerprint density at radius 2 is 2.22 bits per heavy atom. The zero-order valence-electron chi connectivity index (χ0n) is 12.1. The molecule has 18 heavy (non-hydrogen) atoms. The minimum absolute atomic E-state index is 0.402. The summed E-state index contributed by atoms with van der Waals surface area (Å²) in [5.41, 5.74) is 1.57. The number of nitrogens with zero attached hydrogens (tertiary/aromatic N) is 1. The first-order valence-corrected chi connectivity index (χ1v) is 7.99. The van der Waals surface area contributed by atoms with Gasteiger partial charge in [0, 0.05) is 24.0 Å². The second-order valence-corrected chi connectivity index (χ2v) is 7.46. The van der Waals surface area contributed by atoms with Crippen molar-refractivity contribution in [1.29, 1.82) is 0 Å². The average Bonchev–Trinajstić information content (AvgIpc) is 3.04. The van der Waals surface area contributed by atoms with Crippen molar-refractivity contribution in [2.45, 2.75) is 47.0 Å². The van der Waals surface area contributed by atoms with E-state index in [1.54, 1.807) is 0 Å². The molecule has 1 fully saturated rings. The van der Waals surface area contributed by atoms with Crippen LogP contribution in [-0.4, -0.2) is 18.1 Å². The van der Waals surface area contributed by atoms with Crippen molar-refractivity contribution in [2.24, 2.45) is 17.3 Å². The summed E-state index contributed by atoms with van der Waals surface area (Å²) in [5.74, 6) is 1.64. The third-order valence-electron chi connectivity index (χ3n) is 3.87. The zero-order valence-corrected chi connectivity index (χ0v) is 12.9. The van der Waals surface area contributed by atoms with Crippen LogP contribution in [0.2, 0.25) is 0 Å². The molecule has 1 aromatic heterocycles. The van der Waals surface area contributed by atoms with Crippen LogP contribution in [0.25, 0.3) is 0 Å². The molecule has 0 amide bonds. The maximum Gasteiger partial charge on any atom is 0.0934 e. The highest BCUT2D eigenvalue weighted by molar-refractivity contribution is 7.09. The summed E-state index contributed by atoms with van der Waals surface area (Å²) in [4.78, 5) is 4.64. The first-order chi connectivity index (χ1) is 8.49. The number of thiazole rings is 1. The molecule has 1 aliphatic carbocycles. The van der Waals surface area contributed by atoms with Crippen LogP contribution < -0.4 is 5.32 Å². The normalized spacial score (nSPS) is 19.2. The molecule has 0 spiro atoms. The third kappa shape index (κ3) is 3.79. The quantitative estimate of drug-likeness (QED) is 0.815. The molecule has 1 heterocycles. The summed E-state index contributed by atoms with van der Waals surface area (Å²) in [7, 11) is 0. The van der Waals surface area contributed by atoms with Gasteiger partial charge in [-0.1, -0.05) is 20.8 Å². The van der Waals surface area contributed by atoms with Gasteiger partial charge in [-0.25, -0.2) is 4.98 Å². The van der Waals surface area contributed by atoms with Gasteiger partial charge in [-0.2, -0.15) is 0 Å². The van der Waals surface area contributed by atoms with Crippen molar-refractivity contribution in [3.8, 4) is 0 Å². The van der Waals surface area contributed by atoms with E-state index in [0.29, 0.717) is 5.41 Å². The molecule has 3 heteroatoms. The molecule has 0 radical (unpaired) electrons. The Morgan fingerprint density at radius 1 is 1.50 bits per heavy atom. The first-order valence-electron chi connectivity index (χ1n) is 7.11. The molecule has 1 unspecified atom stereocenters. The molecule has 0 aromatic carbocycles. The predicted molar refractivity (Wildman–Crippen MR) is 79.1 cm³/mol. The van der Waals surface area contributed by atoms with Gasteiger partial charge in [0.2, 0.25) is 0 Å². The highest BCUT2D eigenvalue weighted by Gasteiger charge is 2.41. The summed E-state index contributed by atoms with van der Waals surface area (Å²) in [6.07, 6.45) is 3.95. The van der Waals surface area contributed by atoms with E-state index >= 15 is 0 Å². The van der Waals surface area contributed by atoms with Crippen LogP contribution in [0.1, 0.15) is 44.3 Å². The average molecular weight is 266 g/mol. The molecule has 2 rings (SSSR count). The fourth-order valence-electron chi connectivity index (χ4n) is 2.61. The van der Waals surface area contributed by atoms with Crippen LogP contribution in [0.15, 0.2) is 5.38 Å². The number of nitrogens with one attached hydrogen (secondary N) is 1. The van der Waals surface area contributed by atoms with E-state index in [-0.39, 0.29) is 0 Å². The number of hydrogen-bond acceptors (Lipinski definition) is 3. The van der Waals surface area contributed by atoms with Crippen LogP contribution in [0, 0.1) is 24.2 Å². The van der Waals surface area contributed by atoms with Gasteiger partial charge >= 0.3 is 0 Å². The Kier molecular flexibility index (Phi) is 4.44. The Bertz CT molecular complexity index is 382. The van der Waals surface area contributed by atoms with Gasteiger partial charge in [-0.15, -0.1) is 11.3 Å². The van der Waals surface area contributed by atoms with Crippen LogP contribution >= 0.6 is 11.3 Å². The lowest BCUT2D eigenvalue weighted by molar-refractivity contribution is 0.251. The number of aryl methyl sites for hydroxylation is 1. The van der Waals surface area contributed by atoms with Crippen LogP contribution in [0.4, 0.5) is 0 Å². The highest BCUT2D eigenvalue weighted by Crippen LogP contribution is 2.47. The molecule has 1 saturated carbocycles. The molecule has 102 valence electrons. The van der Waals surface area contributed by atoms with Crippen molar-refractivity contribution in [3.63, 3.8) is 0 Å². The SMILES string of the molecule is Cc1csc(CC(C)(CNCC(C)C)C2CC2)n1. The number of aromatic nitrogens is 1. The van der Waals surface area contributed by atoms with Crippen molar-refractivity contribution in [2.75, 3.05) is 13.1 Å². The molecule has 1 atom stereocenters. The van der Waals surface area contributed by atoms with E-state index in [4.69, 9.17) is 0 Å². The highest BCUT2D eigenvalue weighted by atomic mass is 32.1. The first kappa shape index (κ1) is 14.0. The van der Waals surface area contributed by atoms with E-state index in [0.717, 1.165) is 31.3 Å². The maximum atomic E-state index is 4.64. The Morgan fingerprint density at radius 3 is 2.72 bits per heavy atom. The maximum absolute atomic E-state index is 4.64. The Balaban J connectivity index is 1.93. The van der Waals surface area contributed by atoms with Gasteiger partial charge in [0.15, 0.2) is 0 Å². The lowest BCUT2D eigenvalue weighted by Gasteiger charge is -2.29. The topological polar surface area (TPSA) is 24.9 Å². The molecule has 1 aliphatic rings. The zero-order chi connectivity index (χ0) is 13.2. The Labute approximate surface area is 115 Å². The van der Waals surface area contributed by atoms with Crippen molar-refractivity contribution < 1.29 is 0 Å². The second kappa shape index (κ2) is 5.70. The lowest BCUT2D eigenvalue weighted by Crippen LogP contribution is -2.37. The van der Waals surface area contributed by atoms with Crippen LogP contribution in [0.5, 0.6) is 0 Å². The lowest BCUT2D eigenvalue weighted by atomic mass is 9.81. The van der Waals surface area contributed by atoms with Crippen molar-refractivity contribution in [1.82, 2.24) is 10.3 Å². The summed E-state index contributed by atoms with van der Waals surface area (Å²) in [5, 5.41) is 7.13. The summed E-state index contributed by atoms with van der Waals surface area (Å²) in [6.45, 7) is 11.3. The van der Waals surface area contributed by atoms with E-state index in [2.05, 4.69) is 43.4 Å². The molecular weight excluding hydrogens is 240 g/mol. The molecule has 1 aromatic rings.